The van der Waals surface area contributed by atoms with Crippen molar-refractivity contribution in [1.82, 2.24) is 4.98 Å². The van der Waals surface area contributed by atoms with Crippen LogP contribution in [0.5, 0.6) is 17.2 Å². The van der Waals surface area contributed by atoms with E-state index in [4.69, 9.17) is 9.47 Å². The maximum atomic E-state index is 12.7. The van der Waals surface area contributed by atoms with Crippen LogP contribution in [0.25, 0.3) is 0 Å². The molecule has 1 unspecified atom stereocenters. The molecule has 1 aromatic heterocycles. The number of non-ortho nitro benzene ring substituents is 1. The normalized spacial score (nSPS) is 21.1. The van der Waals surface area contributed by atoms with Crippen LogP contribution >= 0.6 is 0 Å². The van der Waals surface area contributed by atoms with Gasteiger partial charge in [-0.1, -0.05) is 12.1 Å². The van der Waals surface area contributed by atoms with E-state index in [1.54, 1.807) is 24.4 Å². The molecule has 1 aliphatic carbocycles. The molecule has 2 aromatic carbocycles. The molecule has 0 spiro atoms. The van der Waals surface area contributed by atoms with Crippen LogP contribution in [0.15, 0.2) is 54.7 Å². The van der Waals surface area contributed by atoms with Crippen LogP contribution in [0.3, 0.4) is 0 Å². The summed E-state index contributed by atoms with van der Waals surface area (Å²) in [5.41, 5.74) is 2.53. The van der Waals surface area contributed by atoms with Gasteiger partial charge in [0, 0.05) is 60.6 Å². The lowest BCUT2D eigenvalue weighted by molar-refractivity contribution is -0.384. The van der Waals surface area contributed by atoms with Gasteiger partial charge in [0.1, 0.15) is 35.0 Å². The molecule has 3 aromatic rings. The second-order valence-corrected chi connectivity index (χ2v) is 9.10. The molecule has 6 rings (SSSR count). The number of nitro benzene ring substituents is 1. The number of benzene rings is 2. The number of amides is 1. The Kier molecular flexibility index (Phi) is 4.98. The van der Waals surface area contributed by atoms with E-state index in [1.807, 2.05) is 18.2 Å². The Morgan fingerprint density at radius 1 is 1.20 bits per heavy atom. The van der Waals surface area contributed by atoms with E-state index in [0.717, 1.165) is 16.9 Å². The topological polar surface area (TPSA) is 121 Å². The smallest absolute Gasteiger partial charge is 0.269 e. The van der Waals surface area contributed by atoms with Gasteiger partial charge in [0.25, 0.3) is 5.69 Å². The Bertz CT molecular complexity index is 1390. The van der Waals surface area contributed by atoms with Crippen molar-refractivity contribution >= 4 is 23.2 Å². The first-order chi connectivity index (χ1) is 17.0. The molecule has 0 bridgehead atoms. The van der Waals surface area contributed by atoms with Crippen molar-refractivity contribution in [2.45, 2.75) is 37.7 Å². The molecular formula is C26H21N3O6. The van der Waals surface area contributed by atoms with Crippen molar-refractivity contribution in [3.8, 4) is 17.2 Å². The number of Topliss-reactive ketones (excluding diaryl/α,β-unsaturated/α-hetero) is 1. The van der Waals surface area contributed by atoms with E-state index < -0.39 is 4.92 Å². The standard InChI is InChI=1S/C26H21N3O6/c30-16(11-14-2-1-3-15(10-14)29(32)33)12-20-24-19-13-17(4-6-21(19)35-25(20)24)34-22-8-9-27-26-18(22)5-7-23(31)28-26/h1-4,6,8-10,13,20,24-25H,5,7,11-12H2,(H,27,28,31)/t20-,24-,25?/m0/s1. The number of ketones is 1. The Balaban J connectivity index is 1.14. The number of fused-ring (bicyclic) bond motifs is 4. The molecule has 0 radical (unpaired) electrons. The minimum absolute atomic E-state index is 0.0128. The number of carbonyl (C=O) groups excluding carboxylic acids is 2. The molecule has 176 valence electrons. The highest BCUT2D eigenvalue weighted by Crippen LogP contribution is 2.60. The van der Waals surface area contributed by atoms with E-state index in [9.17, 15) is 19.7 Å². The lowest BCUT2D eigenvalue weighted by atomic mass is 10.0. The van der Waals surface area contributed by atoms with Crippen molar-refractivity contribution in [3.05, 3.63) is 81.5 Å². The number of rotatable bonds is 7. The largest absolute Gasteiger partial charge is 0.489 e. The maximum Gasteiger partial charge on any atom is 0.269 e. The lowest BCUT2D eigenvalue weighted by Gasteiger charge is -2.19. The van der Waals surface area contributed by atoms with Gasteiger partial charge < -0.3 is 14.8 Å². The van der Waals surface area contributed by atoms with Gasteiger partial charge in [0.15, 0.2) is 0 Å². The molecule has 1 saturated carbocycles. The summed E-state index contributed by atoms with van der Waals surface area (Å²) in [4.78, 5) is 39.1. The molecule has 1 amide bonds. The second-order valence-electron chi connectivity index (χ2n) is 9.10. The molecule has 0 saturated heterocycles. The number of nitro groups is 1. The van der Waals surface area contributed by atoms with Gasteiger partial charge in [0.2, 0.25) is 5.91 Å². The van der Waals surface area contributed by atoms with Gasteiger partial charge >= 0.3 is 0 Å². The van der Waals surface area contributed by atoms with Gasteiger partial charge in [-0.25, -0.2) is 4.98 Å². The minimum Gasteiger partial charge on any atom is -0.489 e. The average Bonchev–Trinajstić information content (AvgIpc) is 3.35. The van der Waals surface area contributed by atoms with Gasteiger partial charge in [0.05, 0.1) is 4.92 Å². The Hall–Kier alpha value is -4.27. The number of aromatic nitrogens is 1. The summed E-state index contributed by atoms with van der Waals surface area (Å²) in [7, 11) is 0. The van der Waals surface area contributed by atoms with Crippen LogP contribution in [0.1, 0.15) is 35.4 Å². The highest BCUT2D eigenvalue weighted by Gasteiger charge is 2.59. The zero-order valence-electron chi connectivity index (χ0n) is 18.6. The monoisotopic (exact) mass is 471 g/mol. The Morgan fingerprint density at radius 2 is 2.09 bits per heavy atom. The van der Waals surface area contributed by atoms with Gasteiger partial charge in [-0.15, -0.1) is 0 Å². The predicted octanol–water partition coefficient (Wildman–Crippen LogP) is 4.34. The average molecular weight is 471 g/mol. The van der Waals surface area contributed by atoms with Gasteiger partial charge in [-0.3, -0.25) is 19.7 Å². The van der Waals surface area contributed by atoms with Crippen LogP contribution in [0.2, 0.25) is 0 Å². The van der Waals surface area contributed by atoms with Crippen LogP contribution in [0.4, 0.5) is 11.5 Å². The summed E-state index contributed by atoms with van der Waals surface area (Å²) in [5, 5.41) is 13.8. The predicted molar refractivity (Wildman–Crippen MR) is 125 cm³/mol. The fourth-order valence-corrected chi connectivity index (χ4v) is 5.08. The first-order valence-corrected chi connectivity index (χ1v) is 11.5. The molecule has 2 aliphatic heterocycles. The number of hydrogen-bond donors (Lipinski definition) is 1. The highest BCUT2D eigenvalue weighted by atomic mass is 16.6. The van der Waals surface area contributed by atoms with Gasteiger partial charge in [-0.05, 0) is 36.2 Å². The van der Waals surface area contributed by atoms with Crippen molar-refractivity contribution in [1.29, 1.82) is 0 Å². The SMILES string of the molecule is O=C(Cc1cccc([N+](=O)[O-])c1)C[C@@H]1C2Oc3ccc(Oc4ccnc5c4CCC(=O)N5)cc3[C@H]21. The molecule has 3 atom stereocenters. The lowest BCUT2D eigenvalue weighted by Crippen LogP contribution is -2.20. The van der Waals surface area contributed by atoms with Crippen LogP contribution < -0.4 is 14.8 Å². The molecule has 35 heavy (non-hydrogen) atoms. The zero-order chi connectivity index (χ0) is 24.1. The van der Waals surface area contributed by atoms with E-state index >= 15 is 0 Å². The number of ether oxygens (including phenoxy) is 2. The fourth-order valence-electron chi connectivity index (χ4n) is 5.08. The second kappa shape index (κ2) is 8.19. The van der Waals surface area contributed by atoms with Crippen molar-refractivity contribution in [2.75, 3.05) is 5.32 Å². The molecule has 9 nitrogen and oxygen atoms in total. The number of anilines is 1. The Labute approximate surface area is 200 Å². The number of pyridine rings is 1. The number of nitrogens with one attached hydrogen (secondary N) is 1. The molecule has 9 heteroatoms. The van der Waals surface area contributed by atoms with Crippen molar-refractivity contribution in [3.63, 3.8) is 0 Å². The third kappa shape index (κ3) is 3.99. The van der Waals surface area contributed by atoms with Crippen LogP contribution in [-0.2, 0) is 22.4 Å². The number of hydrogen-bond acceptors (Lipinski definition) is 7. The Morgan fingerprint density at radius 3 is 2.94 bits per heavy atom. The van der Waals surface area contributed by atoms with Gasteiger partial charge in [-0.2, -0.15) is 0 Å². The van der Waals surface area contributed by atoms with Crippen LogP contribution in [-0.4, -0.2) is 27.7 Å². The highest BCUT2D eigenvalue weighted by molar-refractivity contribution is 5.93. The maximum absolute atomic E-state index is 12.7. The minimum atomic E-state index is -0.457. The zero-order valence-corrected chi connectivity index (χ0v) is 18.6. The third-order valence-electron chi connectivity index (χ3n) is 6.79. The molecule has 1 fully saturated rings. The van der Waals surface area contributed by atoms with E-state index in [1.165, 1.54) is 12.1 Å². The summed E-state index contributed by atoms with van der Waals surface area (Å²) in [6.45, 7) is 0. The molecule has 3 heterocycles. The summed E-state index contributed by atoms with van der Waals surface area (Å²) >= 11 is 0. The molecule has 3 aliphatic rings. The van der Waals surface area contributed by atoms with Crippen LogP contribution in [0, 0.1) is 16.0 Å². The third-order valence-corrected chi connectivity index (χ3v) is 6.79. The van der Waals surface area contributed by atoms with E-state index in [0.29, 0.717) is 42.1 Å². The molecular weight excluding hydrogens is 450 g/mol. The van der Waals surface area contributed by atoms with Crippen molar-refractivity contribution < 1.29 is 24.0 Å². The first kappa shape index (κ1) is 21.3. The summed E-state index contributed by atoms with van der Waals surface area (Å²) in [6.07, 6.45) is 3.06. The fraction of sp³-hybridized carbons (Fsp3) is 0.269. The summed E-state index contributed by atoms with van der Waals surface area (Å²) in [5.74, 6) is 2.86. The number of nitrogens with zero attached hydrogens (tertiary/aromatic N) is 2. The van der Waals surface area contributed by atoms with E-state index in [-0.39, 0.29) is 41.7 Å². The first-order valence-electron chi connectivity index (χ1n) is 11.5. The summed E-state index contributed by atoms with van der Waals surface area (Å²) in [6, 6.07) is 13.7. The van der Waals surface area contributed by atoms with Crippen molar-refractivity contribution in [2.24, 2.45) is 5.92 Å². The quantitative estimate of drug-likeness (QED) is 0.402. The number of carbonyl (C=O) groups is 2. The molecule has 1 N–H and O–H groups in total. The van der Waals surface area contributed by atoms with E-state index in [2.05, 4.69) is 10.3 Å². The summed E-state index contributed by atoms with van der Waals surface area (Å²) < 4.78 is 12.2.